The van der Waals surface area contributed by atoms with Crippen molar-refractivity contribution in [2.45, 2.75) is 50.6 Å². The number of amides is 2. The quantitative estimate of drug-likeness (QED) is 0.878. The molecule has 4 nitrogen and oxygen atoms in total. The van der Waals surface area contributed by atoms with Gasteiger partial charge in [-0.1, -0.05) is 43.2 Å². The van der Waals surface area contributed by atoms with Crippen LogP contribution in [-0.2, 0) is 0 Å². The van der Waals surface area contributed by atoms with E-state index < -0.39 is 0 Å². The molecule has 120 valence electrons. The first-order valence-corrected chi connectivity index (χ1v) is 8.66. The first-order chi connectivity index (χ1) is 10.8. The number of carbonyl (C=O) groups excluding carboxylic acids is 1. The summed E-state index contributed by atoms with van der Waals surface area (Å²) in [6.45, 7) is 2.94. The van der Waals surface area contributed by atoms with E-state index in [0.717, 1.165) is 25.9 Å². The molecule has 1 aliphatic carbocycles. The predicted octanol–water partition coefficient (Wildman–Crippen LogP) is 3.07. The highest BCUT2D eigenvalue weighted by Crippen LogP contribution is 2.24. The van der Waals surface area contributed by atoms with Crippen molar-refractivity contribution in [1.29, 1.82) is 0 Å². The summed E-state index contributed by atoms with van der Waals surface area (Å²) in [6.07, 6.45) is 7.26. The molecule has 4 heteroatoms. The number of hydrogen-bond donors (Lipinski definition) is 2. The third kappa shape index (κ3) is 4.01. The van der Waals surface area contributed by atoms with Gasteiger partial charge in [-0.15, -0.1) is 0 Å². The summed E-state index contributed by atoms with van der Waals surface area (Å²) in [5.74, 6) is 0. The van der Waals surface area contributed by atoms with E-state index in [1.807, 2.05) is 6.07 Å². The van der Waals surface area contributed by atoms with Gasteiger partial charge in [0.05, 0.1) is 6.04 Å². The van der Waals surface area contributed by atoms with Crippen LogP contribution in [-0.4, -0.2) is 36.6 Å². The highest BCUT2D eigenvalue weighted by Gasteiger charge is 2.24. The molecule has 1 aromatic carbocycles. The van der Waals surface area contributed by atoms with Crippen molar-refractivity contribution in [3.63, 3.8) is 0 Å². The molecule has 0 bridgehead atoms. The molecule has 1 atom stereocenters. The minimum absolute atomic E-state index is 0.00738. The van der Waals surface area contributed by atoms with Gasteiger partial charge in [0.15, 0.2) is 0 Å². The summed E-state index contributed by atoms with van der Waals surface area (Å²) in [4.78, 5) is 14.6. The first kappa shape index (κ1) is 15.3. The van der Waals surface area contributed by atoms with Gasteiger partial charge in [0.1, 0.15) is 0 Å². The Bertz CT molecular complexity index is 464. The molecule has 0 spiro atoms. The number of nitrogens with zero attached hydrogens (tertiary/aromatic N) is 1. The van der Waals surface area contributed by atoms with Crippen LogP contribution in [0.2, 0.25) is 0 Å². The van der Waals surface area contributed by atoms with Gasteiger partial charge in [0.25, 0.3) is 0 Å². The molecule has 2 N–H and O–H groups in total. The lowest BCUT2D eigenvalue weighted by Gasteiger charge is -2.28. The maximum atomic E-state index is 12.1. The van der Waals surface area contributed by atoms with Gasteiger partial charge >= 0.3 is 6.03 Å². The van der Waals surface area contributed by atoms with E-state index >= 15 is 0 Å². The molecular formula is C18H27N3O. The number of benzene rings is 1. The minimum Gasteiger partial charge on any atom is -0.336 e. The Morgan fingerprint density at radius 2 is 1.77 bits per heavy atom. The van der Waals surface area contributed by atoms with Crippen LogP contribution in [0.15, 0.2) is 30.3 Å². The van der Waals surface area contributed by atoms with Crippen molar-refractivity contribution in [2.24, 2.45) is 0 Å². The third-order valence-corrected chi connectivity index (χ3v) is 4.91. The van der Waals surface area contributed by atoms with E-state index in [1.165, 1.54) is 31.2 Å². The van der Waals surface area contributed by atoms with E-state index in [0.29, 0.717) is 12.6 Å². The maximum absolute atomic E-state index is 12.1. The number of likely N-dealkylation sites (tertiary alicyclic amines) is 1. The average Bonchev–Trinajstić information content (AvgIpc) is 3.22. The molecule has 1 unspecified atom stereocenters. The van der Waals surface area contributed by atoms with E-state index in [1.54, 1.807) is 0 Å². The topological polar surface area (TPSA) is 44.4 Å². The second-order valence-electron chi connectivity index (χ2n) is 6.51. The molecule has 2 amide bonds. The molecule has 0 radical (unpaired) electrons. The average molecular weight is 301 g/mol. The number of nitrogens with one attached hydrogen (secondary N) is 2. The van der Waals surface area contributed by atoms with E-state index in [9.17, 15) is 4.79 Å². The van der Waals surface area contributed by atoms with Gasteiger partial charge in [-0.05, 0) is 44.3 Å². The fourth-order valence-electron chi connectivity index (χ4n) is 3.68. The van der Waals surface area contributed by atoms with Gasteiger partial charge in [-0.3, -0.25) is 4.90 Å². The largest absolute Gasteiger partial charge is 0.336 e. The monoisotopic (exact) mass is 301 g/mol. The summed E-state index contributed by atoms with van der Waals surface area (Å²) in [5.41, 5.74) is 1.30. The molecule has 1 heterocycles. The lowest BCUT2D eigenvalue weighted by atomic mass is 10.1. The smallest absolute Gasteiger partial charge is 0.315 e. The van der Waals surface area contributed by atoms with Crippen LogP contribution in [0, 0.1) is 0 Å². The maximum Gasteiger partial charge on any atom is 0.315 e. The predicted molar refractivity (Wildman–Crippen MR) is 88.8 cm³/mol. The Morgan fingerprint density at radius 3 is 2.45 bits per heavy atom. The van der Waals surface area contributed by atoms with Crippen molar-refractivity contribution in [2.75, 3.05) is 19.6 Å². The summed E-state index contributed by atoms with van der Waals surface area (Å²) < 4.78 is 0. The van der Waals surface area contributed by atoms with Crippen LogP contribution in [0.4, 0.5) is 4.79 Å². The summed E-state index contributed by atoms with van der Waals surface area (Å²) in [7, 11) is 0. The lowest BCUT2D eigenvalue weighted by Crippen LogP contribution is -2.44. The number of urea groups is 1. The van der Waals surface area contributed by atoms with E-state index in [4.69, 9.17) is 0 Å². The SMILES string of the molecule is O=C(NCC(c1ccccc1)N1CCCC1)NC1CCCC1. The van der Waals surface area contributed by atoms with Crippen molar-refractivity contribution in [3.05, 3.63) is 35.9 Å². The highest BCUT2D eigenvalue weighted by atomic mass is 16.2. The zero-order chi connectivity index (χ0) is 15.2. The van der Waals surface area contributed by atoms with Gasteiger partial charge in [-0.25, -0.2) is 4.79 Å². The van der Waals surface area contributed by atoms with Gasteiger partial charge in [-0.2, -0.15) is 0 Å². The fraction of sp³-hybridized carbons (Fsp3) is 0.611. The molecule has 22 heavy (non-hydrogen) atoms. The molecule has 1 saturated carbocycles. The van der Waals surface area contributed by atoms with Gasteiger partial charge < -0.3 is 10.6 Å². The van der Waals surface area contributed by atoms with Crippen LogP contribution >= 0.6 is 0 Å². The van der Waals surface area contributed by atoms with Crippen molar-refractivity contribution >= 4 is 6.03 Å². The number of hydrogen-bond acceptors (Lipinski definition) is 2. The van der Waals surface area contributed by atoms with Crippen LogP contribution < -0.4 is 10.6 Å². The third-order valence-electron chi connectivity index (χ3n) is 4.91. The van der Waals surface area contributed by atoms with Gasteiger partial charge in [0, 0.05) is 12.6 Å². The van der Waals surface area contributed by atoms with Crippen LogP contribution in [0.1, 0.15) is 50.1 Å². The summed E-state index contributed by atoms with van der Waals surface area (Å²) in [5, 5.41) is 6.20. The molecule has 2 fully saturated rings. The van der Waals surface area contributed by atoms with Crippen LogP contribution in [0.25, 0.3) is 0 Å². The van der Waals surface area contributed by atoms with Crippen LogP contribution in [0.5, 0.6) is 0 Å². The van der Waals surface area contributed by atoms with Crippen LogP contribution in [0.3, 0.4) is 0 Å². The minimum atomic E-state index is -0.00738. The lowest BCUT2D eigenvalue weighted by molar-refractivity contribution is 0.218. The van der Waals surface area contributed by atoms with Crippen molar-refractivity contribution in [1.82, 2.24) is 15.5 Å². The van der Waals surface area contributed by atoms with E-state index in [2.05, 4.69) is 39.8 Å². The Balaban J connectivity index is 1.56. The standard InChI is InChI=1S/C18H27N3O/c22-18(20-16-10-4-5-11-16)19-14-17(21-12-6-7-13-21)15-8-2-1-3-9-15/h1-3,8-9,16-17H,4-7,10-14H2,(H2,19,20,22). The Labute approximate surface area is 133 Å². The number of carbonyl (C=O) groups is 1. The van der Waals surface area contributed by atoms with Gasteiger partial charge in [0.2, 0.25) is 0 Å². The fourth-order valence-corrected chi connectivity index (χ4v) is 3.68. The molecule has 1 aliphatic heterocycles. The molecule has 1 saturated heterocycles. The second-order valence-corrected chi connectivity index (χ2v) is 6.51. The zero-order valence-electron chi connectivity index (χ0n) is 13.3. The summed E-state index contributed by atoms with van der Waals surface area (Å²) >= 11 is 0. The highest BCUT2D eigenvalue weighted by molar-refractivity contribution is 5.74. The Hall–Kier alpha value is -1.55. The normalized spacial score (nSPS) is 20.9. The zero-order valence-corrected chi connectivity index (χ0v) is 13.3. The molecule has 1 aromatic rings. The molecule has 3 rings (SSSR count). The Morgan fingerprint density at radius 1 is 1.09 bits per heavy atom. The van der Waals surface area contributed by atoms with Crippen molar-refractivity contribution in [3.8, 4) is 0 Å². The molecule has 0 aromatic heterocycles. The second kappa shape index (κ2) is 7.63. The molecule has 2 aliphatic rings. The molecular weight excluding hydrogens is 274 g/mol. The van der Waals surface area contributed by atoms with E-state index in [-0.39, 0.29) is 12.1 Å². The summed E-state index contributed by atoms with van der Waals surface area (Å²) in [6, 6.07) is 11.2. The van der Waals surface area contributed by atoms with Crippen molar-refractivity contribution < 1.29 is 4.79 Å². The first-order valence-electron chi connectivity index (χ1n) is 8.66. The Kier molecular flexibility index (Phi) is 5.33. The number of rotatable bonds is 5.